The molecule has 0 radical (unpaired) electrons. The van der Waals surface area contributed by atoms with E-state index in [2.05, 4.69) is 9.97 Å². The van der Waals surface area contributed by atoms with Crippen LogP contribution in [0.2, 0.25) is 5.02 Å². The number of hydrogen-bond acceptors (Lipinski definition) is 5. The fourth-order valence-corrected chi connectivity index (χ4v) is 3.30. The monoisotopic (exact) mass is 308 g/mol. The largest absolute Gasteiger partial charge is 0.440 e. The molecule has 0 aliphatic rings. The molecule has 0 unspecified atom stereocenters. The summed E-state index contributed by atoms with van der Waals surface area (Å²) in [5.41, 5.74) is 0.334. The van der Waals surface area contributed by atoms with Crippen LogP contribution in [0.5, 0.6) is 0 Å². The van der Waals surface area contributed by atoms with Crippen molar-refractivity contribution in [2.24, 2.45) is 0 Å². The van der Waals surface area contributed by atoms with E-state index in [1.54, 1.807) is 33.0 Å². The number of fused-ring (bicyclic) bond motifs is 1. The minimum Gasteiger partial charge on any atom is -0.440 e. The van der Waals surface area contributed by atoms with Gasteiger partial charge in [0.25, 0.3) is 0 Å². The van der Waals surface area contributed by atoms with Gasteiger partial charge < -0.3 is 9.52 Å². The lowest BCUT2D eigenvalue weighted by Gasteiger charge is -2.13. The average Bonchev–Trinajstić information content (AvgIpc) is 2.92. The van der Waals surface area contributed by atoms with Crippen molar-refractivity contribution >= 4 is 33.2 Å². The van der Waals surface area contributed by atoms with Gasteiger partial charge in [-0.25, -0.2) is 4.98 Å². The molecule has 3 aromatic rings. The Labute approximate surface area is 125 Å². The van der Waals surface area contributed by atoms with Crippen LogP contribution in [0.25, 0.3) is 21.0 Å². The van der Waals surface area contributed by atoms with Gasteiger partial charge in [-0.3, -0.25) is 4.98 Å². The number of aliphatic hydroxyl groups is 1. The Bertz CT molecular complexity index is 786. The summed E-state index contributed by atoms with van der Waals surface area (Å²) >= 11 is 7.62. The van der Waals surface area contributed by atoms with E-state index in [0.717, 1.165) is 15.1 Å². The molecule has 0 saturated heterocycles. The number of thiophene rings is 1. The fraction of sp³-hybridized carbons (Fsp3) is 0.286. The van der Waals surface area contributed by atoms with Gasteiger partial charge in [-0.1, -0.05) is 11.6 Å². The van der Waals surface area contributed by atoms with E-state index < -0.39 is 5.60 Å². The summed E-state index contributed by atoms with van der Waals surface area (Å²) in [6.45, 7) is 5.16. The summed E-state index contributed by atoms with van der Waals surface area (Å²) in [5, 5.41) is 10.7. The lowest BCUT2D eigenvalue weighted by Crippen LogP contribution is -2.17. The van der Waals surface area contributed by atoms with Crippen molar-refractivity contribution < 1.29 is 9.52 Å². The number of nitrogens with zero attached hydrogens (tertiary/aromatic N) is 2. The maximum absolute atomic E-state index is 10.1. The van der Waals surface area contributed by atoms with Crippen LogP contribution in [-0.4, -0.2) is 15.1 Å². The van der Waals surface area contributed by atoms with Gasteiger partial charge in [0.15, 0.2) is 0 Å². The maximum Gasteiger partial charge on any atom is 0.236 e. The predicted molar refractivity (Wildman–Crippen MR) is 80.1 cm³/mol. The van der Waals surface area contributed by atoms with Crippen molar-refractivity contribution in [1.82, 2.24) is 9.97 Å². The van der Waals surface area contributed by atoms with Gasteiger partial charge in [0.2, 0.25) is 5.89 Å². The molecule has 3 aromatic heterocycles. The molecule has 0 bridgehead atoms. The van der Waals surface area contributed by atoms with Crippen molar-refractivity contribution in [2.75, 3.05) is 0 Å². The van der Waals surface area contributed by atoms with E-state index in [0.29, 0.717) is 22.4 Å². The molecule has 0 spiro atoms. The van der Waals surface area contributed by atoms with Crippen LogP contribution in [0, 0.1) is 6.92 Å². The van der Waals surface area contributed by atoms with Gasteiger partial charge in [-0.2, -0.15) is 0 Å². The number of aryl methyl sites for hydroxylation is 1. The highest BCUT2D eigenvalue weighted by molar-refractivity contribution is 7.22. The van der Waals surface area contributed by atoms with E-state index >= 15 is 0 Å². The first-order valence-corrected chi connectivity index (χ1v) is 7.30. The molecule has 0 aromatic carbocycles. The SMILES string of the molecule is Cc1oc(-c2cc3nccc(Cl)c3s2)nc1C(C)(C)O. The third-order valence-electron chi connectivity index (χ3n) is 2.95. The lowest BCUT2D eigenvalue weighted by atomic mass is 10.0. The number of pyridine rings is 1. The average molecular weight is 309 g/mol. The predicted octanol–water partition coefficient (Wildman–Crippen LogP) is 4.14. The zero-order chi connectivity index (χ0) is 14.5. The highest BCUT2D eigenvalue weighted by Crippen LogP contribution is 2.37. The minimum atomic E-state index is -1.03. The molecule has 0 aliphatic heterocycles. The van der Waals surface area contributed by atoms with Crippen molar-refractivity contribution in [2.45, 2.75) is 26.4 Å². The first kappa shape index (κ1) is 13.5. The Morgan fingerprint density at radius 2 is 2.15 bits per heavy atom. The molecule has 1 N–H and O–H groups in total. The second-order valence-corrected chi connectivity index (χ2v) is 6.56. The normalized spacial score (nSPS) is 12.2. The fourth-order valence-electron chi connectivity index (χ4n) is 2.08. The van der Waals surface area contributed by atoms with E-state index in [4.69, 9.17) is 16.0 Å². The quantitative estimate of drug-likeness (QED) is 0.773. The summed E-state index contributed by atoms with van der Waals surface area (Å²) in [6, 6.07) is 3.65. The number of hydrogen-bond donors (Lipinski definition) is 1. The van der Waals surface area contributed by atoms with Crippen LogP contribution < -0.4 is 0 Å². The van der Waals surface area contributed by atoms with Crippen LogP contribution in [-0.2, 0) is 5.60 Å². The van der Waals surface area contributed by atoms with Gasteiger partial charge in [-0.15, -0.1) is 11.3 Å². The third kappa shape index (κ3) is 2.22. The minimum absolute atomic E-state index is 0.485. The standard InChI is InChI=1S/C14H13ClN2O2S/c1-7-12(14(2,3)18)17-13(19-7)10-6-9-11(20-10)8(15)4-5-16-9/h4-6,18H,1-3H3. The Balaban J connectivity index is 2.14. The Hall–Kier alpha value is -1.43. The molecular formula is C14H13ClN2O2S. The molecule has 0 aliphatic carbocycles. The second-order valence-electron chi connectivity index (χ2n) is 5.10. The van der Waals surface area contributed by atoms with Crippen molar-refractivity contribution in [3.8, 4) is 10.8 Å². The maximum atomic E-state index is 10.1. The van der Waals surface area contributed by atoms with Crippen LogP contribution in [0.15, 0.2) is 22.7 Å². The number of oxazole rings is 1. The molecule has 0 amide bonds. The molecular weight excluding hydrogens is 296 g/mol. The molecule has 20 heavy (non-hydrogen) atoms. The first-order chi connectivity index (χ1) is 9.36. The van der Waals surface area contributed by atoms with E-state index in [1.165, 1.54) is 11.3 Å². The van der Waals surface area contributed by atoms with Gasteiger partial charge in [0.1, 0.15) is 17.1 Å². The molecule has 4 nitrogen and oxygen atoms in total. The summed E-state index contributed by atoms with van der Waals surface area (Å²) in [5.74, 6) is 1.10. The molecule has 0 fully saturated rings. The van der Waals surface area contributed by atoms with Crippen molar-refractivity contribution in [3.05, 3.63) is 34.8 Å². The first-order valence-electron chi connectivity index (χ1n) is 6.11. The number of aromatic nitrogens is 2. The lowest BCUT2D eigenvalue weighted by molar-refractivity contribution is 0.0728. The molecule has 104 valence electrons. The van der Waals surface area contributed by atoms with Crippen LogP contribution in [0.4, 0.5) is 0 Å². The molecule has 3 rings (SSSR count). The Kier molecular flexibility index (Phi) is 3.08. The van der Waals surface area contributed by atoms with E-state index in [-0.39, 0.29) is 0 Å². The molecule has 6 heteroatoms. The molecule has 0 atom stereocenters. The zero-order valence-corrected chi connectivity index (χ0v) is 12.8. The highest BCUT2D eigenvalue weighted by Gasteiger charge is 2.25. The Morgan fingerprint density at radius 3 is 2.75 bits per heavy atom. The number of rotatable bonds is 2. The molecule has 0 saturated carbocycles. The Morgan fingerprint density at radius 1 is 1.40 bits per heavy atom. The molecule has 3 heterocycles. The number of halogens is 1. The van der Waals surface area contributed by atoms with Crippen LogP contribution in [0.1, 0.15) is 25.3 Å². The summed E-state index contributed by atoms with van der Waals surface area (Å²) in [4.78, 5) is 9.52. The van der Waals surface area contributed by atoms with Gasteiger partial charge >= 0.3 is 0 Å². The smallest absolute Gasteiger partial charge is 0.236 e. The summed E-state index contributed by atoms with van der Waals surface area (Å²) in [6.07, 6.45) is 1.67. The zero-order valence-electron chi connectivity index (χ0n) is 11.3. The third-order valence-corrected chi connectivity index (χ3v) is 4.52. The topological polar surface area (TPSA) is 59.2 Å². The van der Waals surface area contributed by atoms with Crippen LogP contribution in [0.3, 0.4) is 0 Å². The van der Waals surface area contributed by atoms with Crippen molar-refractivity contribution in [1.29, 1.82) is 0 Å². The van der Waals surface area contributed by atoms with Crippen molar-refractivity contribution in [3.63, 3.8) is 0 Å². The summed E-state index contributed by atoms with van der Waals surface area (Å²) < 4.78 is 6.57. The van der Waals surface area contributed by atoms with Crippen LogP contribution >= 0.6 is 22.9 Å². The highest BCUT2D eigenvalue weighted by atomic mass is 35.5. The second kappa shape index (κ2) is 4.55. The summed E-state index contributed by atoms with van der Waals surface area (Å²) in [7, 11) is 0. The van der Waals surface area contributed by atoms with E-state index in [9.17, 15) is 5.11 Å². The van der Waals surface area contributed by atoms with Gasteiger partial charge in [-0.05, 0) is 32.9 Å². The van der Waals surface area contributed by atoms with Gasteiger partial charge in [0.05, 0.1) is 20.1 Å². The van der Waals surface area contributed by atoms with Gasteiger partial charge in [0, 0.05) is 6.20 Å². The van der Waals surface area contributed by atoms with E-state index in [1.807, 2.05) is 6.07 Å².